The molecule has 3 heterocycles. The molecule has 0 bridgehead atoms. The van der Waals surface area contributed by atoms with Crippen molar-refractivity contribution in [3.8, 4) is 11.5 Å². The third-order valence-electron chi connectivity index (χ3n) is 6.41. The van der Waals surface area contributed by atoms with E-state index in [2.05, 4.69) is 14.9 Å². The Bertz CT molecular complexity index is 1130. The van der Waals surface area contributed by atoms with Crippen LogP contribution in [0.1, 0.15) is 24.0 Å². The van der Waals surface area contributed by atoms with E-state index < -0.39 is 11.9 Å². The van der Waals surface area contributed by atoms with E-state index in [1.54, 1.807) is 24.4 Å². The molecule has 2 aliphatic rings. The number of carbonyl (C=O) groups excluding carboxylic acids is 1. The molecule has 168 valence electrons. The number of amides is 1. The van der Waals surface area contributed by atoms with Crippen LogP contribution in [-0.2, 0) is 11.2 Å². The van der Waals surface area contributed by atoms with Gasteiger partial charge in [-0.15, -0.1) is 0 Å². The molecule has 3 aromatic rings. The number of fused-ring (bicyclic) bond motifs is 1. The summed E-state index contributed by atoms with van der Waals surface area (Å²) in [5, 5.41) is 0.824. The van der Waals surface area contributed by atoms with Crippen molar-refractivity contribution >= 4 is 16.9 Å². The number of carbonyl (C=O) groups is 1. The molecule has 5 rings (SSSR count). The number of H-pyrrole nitrogens is 1. The number of hydrogen-bond acceptors (Lipinski definition) is 5. The number of halogens is 1. The van der Waals surface area contributed by atoms with Gasteiger partial charge in [-0.1, -0.05) is 6.07 Å². The van der Waals surface area contributed by atoms with Gasteiger partial charge in [0, 0.05) is 44.6 Å². The molecule has 32 heavy (non-hydrogen) atoms. The van der Waals surface area contributed by atoms with E-state index in [4.69, 9.17) is 10.5 Å². The first-order valence-corrected chi connectivity index (χ1v) is 11.2. The first-order chi connectivity index (χ1) is 15.5. The van der Waals surface area contributed by atoms with E-state index in [1.165, 1.54) is 18.9 Å². The second-order valence-corrected chi connectivity index (χ2v) is 8.77. The molecular weight excluding hydrogens is 409 g/mol. The Hall–Kier alpha value is -2.97. The standard InChI is InChI=1S/C24H28FN5O2/c1-15-14-28-23-22(15)21(6-7-27-23)32-20-5-2-16(12-18(20)25)13-19(26)24(31)30-10-8-29(9-11-30)17-3-4-17/h2,5-7,12,14,17,19H,3-4,8-11,13,26H2,1H3,(H,27,28). The van der Waals surface area contributed by atoms with Crippen molar-refractivity contribution in [3.05, 3.63) is 53.6 Å². The molecule has 1 aliphatic heterocycles. The van der Waals surface area contributed by atoms with Gasteiger partial charge in [-0.2, -0.15) is 0 Å². The van der Waals surface area contributed by atoms with Crippen LogP contribution >= 0.6 is 0 Å². The lowest BCUT2D eigenvalue weighted by atomic mass is 10.0. The van der Waals surface area contributed by atoms with E-state index in [-0.39, 0.29) is 18.1 Å². The lowest BCUT2D eigenvalue weighted by Gasteiger charge is -2.36. The Labute approximate surface area is 186 Å². The fraction of sp³-hybridized carbons (Fsp3) is 0.417. The highest BCUT2D eigenvalue weighted by molar-refractivity contribution is 5.86. The van der Waals surface area contributed by atoms with E-state index in [1.807, 2.05) is 18.0 Å². The zero-order valence-corrected chi connectivity index (χ0v) is 18.2. The summed E-state index contributed by atoms with van der Waals surface area (Å²) in [6, 6.07) is 6.50. The van der Waals surface area contributed by atoms with Gasteiger partial charge in [0.25, 0.3) is 0 Å². The van der Waals surface area contributed by atoms with Crippen molar-refractivity contribution in [2.75, 3.05) is 26.2 Å². The van der Waals surface area contributed by atoms with Crippen LogP contribution in [0.3, 0.4) is 0 Å². The summed E-state index contributed by atoms with van der Waals surface area (Å²) < 4.78 is 20.7. The summed E-state index contributed by atoms with van der Waals surface area (Å²) in [5.74, 6) is 0.109. The van der Waals surface area contributed by atoms with Crippen LogP contribution in [0.15, 0.2) is 36.7 Å². The van der Waals surface area contributed by atoms with Gasteiger partial charge in [0.1, 0.15) is 11.4 Å². The highest BCUT2D eigenvalue weighted by atomic mass is 19.1. The van der Waals surface area contributed by atoms with Crippen molar-refractivity contribution in [2.45, 2.75) is 38.3 Å². The summed E-state index contributed by atoms with van der Waals surface area (Å²) in [5.41, 5.74) is 8.54. The number of nitrogens with one attached hydrogen (secondary N) is 1. The average Bonchev–Trinajstić information content (AvgIpc) is 3.58. The van der Waals surface area contributed by atoms with Crippen molar-refractivity contribution in [1.29, 1.82) is 0 Å². The maximum absolute atomic E-state index is 14.8. The fourth-order valence-electron chi connectivity index (χ4n) is 4.46. The Morgan fingerprint density at radius 2 is 2.03 bits per heavy atom. The molecule has 1 aromatic carbocycles. The zero-order chi connectivity index (χ0) is 22.2. The van der Waals surface area contributed by atoms with Crippen LogP contribution in [0.5, 0.6) is 11.5 Å². The van der Waals surface area contributed by atoms with E-state index in [0.717, 1.165) is 24.0 Å². The summed E-state index contributed by atoms with van der Waals surface area (Å²) >= 11 is 0. The van der Waals surface area contributed by atoms with Gasteiger partial charge in [0.05, 0.1) is 11.4 Å². The third kappa shape index (κ3) is 4.20. The van der Waals surface area contributed by atoms with Crippen molar-refractivity contribution in [1.82, 2.24) is 19.8 Å². The first kappa shape index (κ1) is 20.9. The first-order valence-electron chi connectivity index (χ1n) is 11.2. The molecule has 3 N–H and O–H groups in total. The lowest BCUT2D eigenvalue weighted by molar-refractivity contribution is -0.134. The number of aromatic amines is 1. The molecule has 0 radical (unpaired) electrons. The van der Waals surface area contributed by atoms with Crippen molar-refractivity contribution < 1.29 is 13.9 Å². The largest absolute Gasteiger partial charge is 0.453 e. The SMILES string of the molecule is Cc1c[nH]c2nccc(Oc3ccc(CC(N)C(=O)N4CCN(C5CC5)CC4)cc3F)c12. The van der Waals surface area contributed by atoms with Crippen molar-refractivity contribution in [3.63, 3.8) is 0 Å². The zero-order valence-electron chi connectivity index (χ0n) is 18.2. The Balaban J connectivity index is 1.23. The number of hydrogen-bond donors (Lipinski definition) is 2. The summed E-state index contributed by atoms with van der Waals surface area (Å²) in [6.07, 6.45) is 6.30. The van der Waals surface area contributed by atoms with Gasteiger partial charge in [0.15, 0.2) is 11.6 Å². The van der Waals surface area contributed by atoms with Crippen LogP contribution in [0.25, 0.3) is 11.0 Å². The molecule has 1 aliphatic carbocycles. The van der Waals surface area contributed by atoms with Crippen LogP contribution in [0.2, 0.25) is 0 Å². The molecule has 7 nitrogen and oxygen atoms in total. The maximum Gasteiger partial charge on any atom is 0.239 e. The molecule has 1 amide bonds. The van der Waals surface area contributed by atoms with E-state index in [9.17, 15) is 9.18 Å². The van der Waals surface area contributed by atoms with Crippen molar-refractivity contribution in [2.24, 2.45) is 5.73 Å². The van der Waals surface area contributed by atoms with Crippen LogP contribution in [0.4, 0.5) is 4.39 Å². The quantitative estimate of drug-likeness (QED) is 0.619. The van der Waals surface area contributed by atoms with Gasteiger partial charge in [-0.25, -0.2) is 9.37 Å². The smallest absolute Gasteiger partial charge is 0.239 e. The third-order valence-corrected chi connectivity index (χ3v) is 6.41. The van der Waals surface area contributed by atoms with Crippen LogP contribution in [0, 0.1) is 12.7 Å². The predicted molar refractivity (Wildman–Crippen MR) is 120 cm³/mol. The van der Waals surface area contributed by atoms with Gasteiger partial charge in [-0.05, 0) is 55.5 Å². The number of benzene rings is 1. The molecule has 2 fully saturated rings. The minimum absolute atomic E-state index is 0.0664. The minimum Gasteiger partial charge on any atom is -0.453 e. The maximum atomic E-state index is 14.8. The highest BCUT2D eigenvalue weighted by Gasteiger charge is 2.33. The second-order valence-electron chi connectivity index (χ2n) is 8.77. The lowest BCUT2D eigenvalue weighted by Crippen LogP contribution is -2.54. The number of pyridine rings is 1. The number of rotatable bonds is 6. The number of ether oxygens (including phenoxy) is 1. The molecular formula is C24H28FN5O2. The van der Waals surface area contributed by atoms with Crippen LogP contribution < -0.4 is 10.5 Å². The number of aryl methyl sites for hydroxylation is 1. The number of piperazine rings is 1. The highest BCUT2D eigenvalue weighted by Crippen LogP contribution is 2.32. The normalized spacial score (nSPS) is 18.2. The average molecular weight is 438 g/mol. The summed E-state index contributed by atoms with van der Waals surface area (Å²) in [7, 11) is 0. The van der Waals surface area contributed by atoms with E-state index >= 15 is 0 Å². The summed E-state index contributed by atoms with van der Waals surface area (Å²) in [4.78, 5) is 24.4. The monoisotopic (exact) mass is 437 g/mol. The molecule has 1 atom stereocenters. The molecule has 1 unspecified atom stereocenters. The summed E-state index contributed by atoms with van der Waals surface area (Å²) in [6.45, 7) is 5.18. The van der Waals surface area contributed by atoms with E-state index in [0.29, 0.717) is 36.1 Å². The van der Waals surface area contributed by atoms with Gasteiger partial charge in [-0.3, -0.25) is 9.69 Å². The molecule has 8 heteroatoms. The number of nitrogens with two attached hydrogens (primary N) is 1. The number of nitrogens with zero attached hydrogens (tertiary/aromatic N) is 3. The Kier molecular flexibility index (Phi) is 5.57. The molecule has 2 aromatic heterocycles. The Morgan fingerprint density at radius 1 is 1.25 bits per heavy atom. The number of aromatic nitrogens is 2. The predicted octanol–water partition coefficient (Wildman–Crippen LogP) is 2.98. The van der Waals surface area contributed by atoms with Gasteiger partial charge in [0.2, 0.25) is 5.91 Å². The van der Waals surface area contributed by atoms with Crippen LogP contribution in [-0.4, -0.2) is 63.9 Å². The molecule has 1 saturated carbocycles. The fourth-order valence-corrected chi connectivity index (χ4v) is 4.46. The molecule has 1 saturated heterocycles. The minimum atomic E-state index is -0.684. The topological polar surface area (TPSA) is 87.5 Å². The van der Waals surface area contributed by atoms with Gasteiger partial charge >= 0.3 is 0 Å². The van der Waals surface area contributed by atoms with Gasteiger partial charge < -0.3 is 20.4 Å². The second kappa shape index (κ2) is 8.52. The molecule has 0 spiro atoms. The Morgan fingerprint density at radius 3 is 2.75 bits per heavy atom.